The second kappa shape index (κ2) is 4.81. The molecule has 2 rings (SSSR count). The van der Waals surface area contributed by atoms with Crippen molar-refractivity contribution in [3.63, 3.8) is 0 Å². The highest BCUT2D eigenvalue weighted by Gasteiger charge is 2.33. The van der Waals surface area contributed by atoms with E-state index < -0.39 is 0 Å². The average Bonchev–Trinajstić information content (AvgIpc) is 2.17. The van der Waals surface area contributed by atoms with Crippen LogP contribution in [0.5, 0.6) is 0 Å². The van der Waals surface area contributed by atoms with E-state index in [9.17, 15) is 0 Å². The van der Waals surface area contributed by atoms with Gasteiger partial charge >= 0.3 is 0 Å². The first kappa shape index (κ1) is 11.4. The van der Waals surface area contributed by atoms with E-state index in [4.69, 9.17) is 5.73 Å². The number of nitrogens with two attached hydrogens (primary N) is 1. The fraction of sp³-hybridized carbons (Fsp3) is 1.00. The molecule has 2 aliphatic rings. The van der Waals surface area contributed by atoms with Crippen molar-refractivity contribution < 1.29 is 0 Å². The Kier molecular flexibility index (Phi) is 3.65. The van der Waals surface area contributed by atoms with Crippen LogP contribution in [0.2, 0.25) is 0 Å². The lowest BCUT2D eigenvalue weighted by molar-refractivity contribution is 0.177. The van der Waals surface area contributed by atoms with Gasteiger partial charge in [-0.15, -0.1) is 0 Å². The van der Waals surface area contributed by atoms with Crippen LogP contribution in [0.1, 0.15) is 33.1 Å². The predicted octanol–water partition coefficient (Wildman–Crippen LogP) is 0.700. The first-order valence-electron chi connectivity index (χ1n) is 6.39. The Labute approximate surface area is 93.2 Å². The monoisotopic (exact) mass is 211 g/mol. The summed E-state index contributed by atoms with van der Waals surface area (Å²) in [6.07, 6.45) is 3.75. The van der Waals surface area contributed by atoms with Crippen LogP contribution in [0.15, 0.2) is 0 Å². The molecule has 3 nitrogen and oxygen atoms in total. The van der Waals surface area contributed by atoms with E-state index in [-0.39, 0.29) is 0 Å². The van der Waals surface area contributed by atoms with Crippen molar-refractivity contribution >= 4 is 0 Å². The summed E-state index contributed by atoms with van der Waals surface area (Å²) in [6.45, 7) is 6.88. The van der Waals surface area contributed by atoms with Crippen molar-refractivity contribution in [1.82, 2.24) is 10.6 Å². The van der Waals surface area contributed by atoms with Gasteiger partial charge in [0.05, 0.1) is 0 Å². The summed E-state index contributed by atoms with van der Waals surface area (Å²) in [5, 5.41) is 7.16. The first-order chi connectivity index (χ1) is 7.16. The molecular formula is C12H25N3. The lowest BCUT2D eigenvalue weighted by atomic mass is 9.79. The highest BCUT2D eigenvalue weighted by Crippen LogP contribution is 2.26. The van der Waals surface area contributed by atoms with E-state index in [2.05, 4.69) is 24.5 Å². The van der Waals surface area contributed by atoms with Gasteiger partial charge < -0.3 is 16.4 Å². The van der Waals surface area contributed by atoms with Crippen molar-refractivity contribution in [2.75, 3.05) is 13.1 Å². The van der Waals surface area contributed by atoms with E-state index in [1.807, 2.05) is 0 Å². The molecule has 0 radical (unpaired) electrons. The summed E-state index contributed by atoms with van der Waals surface area (Å²) in [5.74, 6) is 1.53. The van der Waals surface area contributed by atoms with E-state index in [1.165, 1.54) is 19.3 Å². The molecule has 0 aromatic heterocycles. The zero-order valence-corrected chi connectivity index (χ0v) is 10.00. The fourth-order valence-corrected chi connectivity index (χ4v) is 3.20. The summed E-state index contributed by atoms with van der Waals surface area (Å²) in [7, 11) is 0. The zero-order chi connectivity index (χ0) is 10.8. The third kappa shape index (κ3) is 2.71. The molecule has 2 heterocycles. The van der Waals surface area contributed by atoms with Crippen LogP contribution in [-0.4, -0.2) is 31.2 Å². The van der Waals surface area contributed by atoms with E-state index >= 15 is 0 Å². The maximum Gasteiger partial charge on any atom is 0.0248 e. The molecule has 0 aliphatic carbocycles. The number of piperidine rings is 2. The molecule has 0 spiro atoms. The number of rotatable bonds is 1. The molecule has 2 saturated heterocycles. The van der Waals surface area contributed by atoms with Gasteiger partial charge in [0, 0.05) is 18.1 Å². The standard InChI is InChI=1S/C12H25N3/c1-8-5-11(13)12(15-7-8)10-3-4-14-9(2)6-10/h8-12,14-15H,3-7,13H2,1-2H3. The van der Waals surface area contributed by atoms with Crippen molar-refractivity contribution in [3.8, 4) is 0 Å². The van der Waals surface area contributed by atoms with Gasteiger partial charge in [0.15, 0.2) is 0 Å². The molecule has 0 bridgehead atoms. The lowest BCUT2D eigenvalue weighted by Gasteiger charge is -2.41. The largest absolute Gasteiger partial charge is 0.326 e. The zero-order valence-electron chi connectivity index (χ0n) is 10.00. The summed E-state index contributed by atoms with van der Waals surface area (Å²) in [6, 6.07) is 1.59. The van der Waals surface area contributed by atoms with E-state index in [1.54, 1.807) is 0 Å². The van der Waals surface area contributed by atoms with Crippen LogP contribution in [0, 0.1) is 11.8 Å². The van der Waals surface area contributed by atoms with Crippen molar-refractivity contribution in [2.24, 2.45) is 17.6 Å². The third-order valence-corrected chi connectivity index (χ3v) is 4.01. The minimum Gasteiger partial charge on any atom is -0.326 e. The van der Waals surface area contributed by atoms with Gasteiger partial charge in [-0.3, -0.25) is 0 Å². The number of hydrogen-bond acceptors (Lipinski definition) is 3. The molecule has 0 aromatic rings. The number of nitrogens with one attached hydrogen (secondary N) is 2. The lowest BCUT2D eigenvalue weighted by Crippen LogP contribution is -2.57. The third-order valence-electron chi connectivity index (χ3n) is 4.01. The first-order valence-corrected chi connectivity index (χ1v) is 6.39. The maximum atomic E-state index is 6.26. The normalized spacial score (nSPS) is 47.8. The topological polar surface area (TPSA) is 50.1 Å². The average molecular weight is 211 g/mol. The Hall–Kier alpha value is -0.120. The molecule has 2 aliphatic heterocycles. The van der Waals surface area contributed by atoms with Crippen molar-refractivity contribution in [1.29, 1.82) is 0 Å². The van der Waals surface area contributed by atoms with E-state index in [0.717, 1.165) is 24.9 Å². The summed E-state index contributed by atoms with van der Waals surface area (Å²) >= 11 is 0. The van der Waals surface area contributed by atoms with Crippen LogP contribution in [0.25, 0.3) is 0 Å². The summed E-state index contributed by atoms with van der Waals surface area (Å²) < 4.78 is 0. The number of hydrogen-bond donors (Lipinski definition) is 3. The van der Waals surface area contributed by atoms with Crippen molar-refractivity contribution in [3.05, 3.63) is 0 Å². The highest BCUT2D eigenvalue weighted by atomic mass is 15.0. The fourth-order valence-electron chi connectivity index (χ4n) is 3.20. The maximum absolute atomic E-state index is 6.26. The van der Waals surface area contributed by atoms with E-state index in [0.29, 0.717) is 18.1 Å². The van der Waals surface area contributed by atoms with Gasteiger partial charge in [0.25, 0.3) is 0 Å². The molecule has 3 heteroatoms. The highest BCUT2D eigenvalue weighted by molar-refractivity contribution is 4.93. The Morgan fingerprint density at radius 1 is 1.13 bits per heavy atom. The second-order valence-corrected chi connectivity index (χ2v) is 5.58. The van der Waals surface area contributed by atoms with Gasteiger partial charge in [-0.05, 0) is 51.1 Å². The molecule has 0 amide bonds. The molecular weight excluding hydrogens is 186 g/mol. The van der Waals surface area contributed by atoms with Crippen LogP contribution in [0.4, 0.5) is 0 Å². The Balaban J connectivity index is 1.91. The summed E-state index contributed by atoms with van der Waals surface area (Å²) in [4.78, 5) is 0. The summed E-state index contributed by atoms with van der Waals surface area (Å²) in [5.41, 5.74) is 6.26. The molecule has 4 N–H and O–H groups in total. The van der Waals surface area contributed by atoms with Gasteiger partial charge in [0.2, 0.25) is 0 Å². The molecule has 0 saturated carbocycles. The van der Waals surface area contributed by atoms with Gasteiger partial charge in [0.1, 0.15) is 0 Å². The molecule has 88 valence electrons. The van der Waals surface area contributed by atoms with Crippen molar-refractivity contribution in [2.45, 2.75) is 51.2 Å². The molecule has 15 heavy (non-hydrogen) atoms. The molecule has 5 unspecified atom stereocenters. The van der Waals surface area contributed by atoms with Crippen LogP contribution in [0.3, 0.4) is 0 Å². The second-order valence-electron chi connectivity index (χ2n) is 5.58. The smallest absolute Gasteiger partial charge is 0.0248 e. The van der Waals surface area contributed by atoms with Crippen LogP contribution < -0.4 is 16.4 Å². The van der Waals surface area contributed by atoms with Gasteiger partial charge in [-0.25, -0.2) is 0 Å². The SMILES string of the molecule is CC1CNC(C2CCNC(C)C2)C(N)C1. The van der Waals surface area contributed by atoms with Crippen LogP contribution in [-0.2, 0) is 0 Å². The van der Waals surface area contributed by atoms with Gasteiger partial charge in [-0.2, -0.15) is 0 Å². The minimum atomic E-state index is 0.365. The van der Waals surface area contributed by atoms with Crippen LogP contribution >= 0.6 is 0 Å². The molecule has 0 aromatic carbocycles. The molecule has 5 atom stereocenters. The Morgan fingerprint density at radius 2 is 1.93 bits per heavy atom. The predicted molar refractivity (Wildman–Crippen MR) is 63.7 cm³/mol. The Morgan fingerprint density at radius 3 is 2.60 bits per heavy atom. The minimum absolute atomic E-state index is 0.365. The Bertz CT molecular complexity index is 207. The van der Waals surface area contributed by atoms with Gasteiger partial charge in [-0.1, -0.05) is 6.92 Å². The molecule has 2 fully saturated rings. The quantitative estimate of drug-likeness (QED) is 0.598.